The van der Waals surface area contributed by atoms with Crippen LogP contribution in [0.3, 0.4) is 0 Å². The number of aromatic nitrogens is 2. The summed E-state index contributed by atoms with van der Waals surface area (Å²) in [6.45, 7) is 12.2. The summed E-state index contributed by atoms with van der Waals surface area (Å²) in [4.78, 5) is 0. The highest BCUT2D eigenvalue weighted by Crippen LogP contribution is 1.96. The van der Waals surface area contributed by atoms with Crippen molar-refractivity contribution in [1.29, 1.82) is 0 Å². The van der Waals surface area contributed by atoms with Crippen molar-refractivity contribution in [1.82, 2.24) is 10.2 Å². The summed E-state index contributed by atoms with van der Waals surface area (Å²) < 4.78 is 0. The number of hydrogen-bond donors (Lipinski definition) is 0. The molecule has 0 bridgehead atoms. The van der Waals surface area contributed by atoms with E-state index >= 15 is 0 Å². The summed E-state index contributed by atoms with van der Waals surface area (Å²) in [5, 5.41) is 7.52. The summed E-state index contributed by atoms with van der Waals surface area (Å²) in [5.41, 5.74) is 2.20. The maximum Gasteiger partial charge on any atom is 0.0629 e. The predicted molar refractivity (Wildman–Crippen MR) is 58.8 cm³/mol. The lowest BCUT2D eigenvalue weighted by Gasteiger charge is -1.91. The molecule has 0 aromatic carbocycles. The molecule has 0 amide bonds. The van der Waals surface area contributed by atoms with Crippen molar-refractivity contribution in [3.63, 3.8) is 0 Å². The minimum absolute atomic E-state index is 1.01. The zero-order valence-corrected chi connectivity index (χ0v) is 9.76. The van der Waals surface area contributed by atoms with Crippen LogP contribution in [-0.4, -0.2) is 10.2 Å². The zero-order valence-electron chi connectivity index (χ0n) is 9.76. The van der Waals surface area contributed by atoms with Crippen LogP contribution in [0.1, 0.15) is 45.4 Å². The molecule has 0 spiro atoms. The van der Waals surface area contributed by atoms with Crippen molar-refractivity contribution in [2.24, 2.45) is 0 Å². The van der Waals surface area contributed by atoms with Gasteiger partial charge in [0.2, 0.25) is 0 Å². The van der Waals surface area contributed by atoms with E-state index in [2.05, 4.69) is 24.0 Å². The van der Waals surface area contributed by atoms with E-state index in [0.29, 0.717) is 0 Å². The topological polar surface area (TPSA) is 25.8 Å². The van der Waals surface area contributed by atoms with Gasteiger partial charge in [-0.1, -0.05) is 34.1 Å². The van der Waals surface area contributed by atoms with Crippen LogP contribution >= 0.6 is 0 Å². The molecule has 1 aromatic heterocycles. The fourth-order valence-corrected chi connectivity index (χ4v) is 0.465. The van der Waals surface area contributed by atoms with Crippen LogP contribution in [-0.2, 0) is 0 Å². The Kier molecular flexibility index (Phi) is 12.4. The molecule has 0 radical (unpaired) electrons. The maximum atomic E-state index is 3.83. The summed E-state index contributed by atoms with van der Waals surface area (Å²) in [7, 11) is 0. The van der Waals surface area contributed by atoms with Crippen LogP contribution in [0, 0.1) is 13.8 Å². The quantitative estimate of drug-likeness (QED) is 0.613. The fraction of sp³-hybridized carbons (Fsp3) is 0.636. The van der Waals surface area contributed by atoms with Crippen LogP contribution in [0.5, 0.6) is 0 Å². The Morgan fingerprint density at radius 1 is 1.15 bits per heavy atom. The first-order chi connectivity index (χ1) is 6.22. The Morgan fingerprint density at radius 2 is 1.62 bits per heavy atom. The molecule has 0 aliphatic carbocycles. The van der Waals surface area contributed by atoms with Crippen molar-refractivity contribution in [2.75, 3.05) is 0 Å². The van der Waals surface area contributed by atoms with Crippen LogP contribution in [0.25, 0.3) is 0 Å². The molecule has 0 aliphatic rings. The van der Waals surface area contributed by atoms with Gasteiger partial charge in [-0.3, -0.25) is 0 Å². The molecule has 0 fully saturated rings. The summed E-state index contributed by atoms with van der Waals surface area (Å²) >= 11 is 0. The van der Waals surface area contributed by atoms with Gasteiger partial charge < -0.3 is 0 Å². The smallest absolute Gasteiger partial charge is 0.0629 e. The largest absolute Gasteiger partial charge is 0.159 e. The Morgan fingerprint density at radius 3 is 1.85 bits per heavy atom. The van der Waals surface area contributed by atoms with E-state index in [-0.39, 0.29) is 0 Å². The van der Waals surface area contributed by atoms with Gasteiger partial charge in [0, 0.05) is 6.20 Å². The van der Waals surface area contributed by atoms with Gasteiger partial charge >= 0.3 is 0 Å². The third-order valence-corrected chi connectivity index (χ3v) is 1.17. The van der Waals surface area contributed by atoms with Gasteiger partial charge in [-0.15, -0.1) is 0 Å². The standard InChI is InChI=1S/C6H8N2.C3H8.C2H6/c1-5-3-4-7-8-6(5)2;1-3-2;1-2/h3-4H,1-2H3;3H2,1-2H3;1-2H3. The highest BCUT2D eigenvalue weighted by Gasteiger charge is 1.86. The van der Waals surface area contributed by atoms with Gasteiger partial charge in [0.25, 0.3) is 0 Å². The number of hydrogen-bond acceptors (Lipinski definition) is 2. The van der Waals surface area contributed by atoms with E-state index in [9.17, 15) is 0 Å². The molecule has 0 atom stereocenters. The summed E-state index contributed by atoms with van der Waals surface area (Å²) in [6, 6.07) is 1.95. The molecule has 0 unspecified atom stereocenters. The highest BCUT2D eigenvalue weighted by atomic mass is 15.1. The second kappa shape index (κ2) is 11.1. The van der Waals surface area contributed by atoms with Crippen molar-refractivity contribution in [3.05, 3.63) is 23.5 Å². The minimum atomic E-state index is 1.01. The molecule has 1 heterocycles. The lowest BCUT2D eigenvalue weighted by Crippen LogP contribution is -1.86. The van der Waals surface area contributed by atoms with E-state index in [1.165, 1.54) is 12.0 Å². The third-order valence-electron chi connectivity index (χ3n) is 1.17. The van der Waals surface area contributed by atoms with Gasteiger partial charge in [-0.25, -0.2) is 0 Å². The molecule has 0 saturated heterocycles. The first-order valence-electron chi connectivity index (χ1n) is 4.97. The maximum absolute atomic E-state index is 3.83. The Bertz CT molecular complexity index is 176. The molecule has 0 saturated carbocycles. The van der Waals surface area contributed by atoms with E-state index in [0.717, 1.165) is 5.69 Å². The van der Waals surface area contributed by atoms with Gasteiger partial charge in [-0.2, -0.15) is 10.2 Å². The molecule has 1 aromatic rings. The summed E-state index contributed by atoms with van der Waals surface area (Å²) in [6.07, 6.45) is 2.95. The Balaban J connectivity index is 0. The van der Waals surface area contributed by atoms with E-state index in [4.69, 9.17) is 0 Å². The lowest BCUT2D eigenvalue weighted by atomic mass is 10.3. The molecular formula is C11H22N2. The van der Waals surface area contributed by atoms with Crippen molar-refractivity contribution in [2.45, 2.75) is 48.0 Å². The predicted octanol–water partition coefficient (Wildman–Crippen LogP) is 3.54. The number of aryl methyl sites for hydroxylation is 2. The molecule has 2 nitrogen and oxygen atoms in total. The van der Waals surface area contributed by atoms with E-state index in [1.807, 2.05) is 33.8 Å². The molecule has 0 aliphatic heterocycles. The van der Waals surface area contributed by atoms with Crippen LogP contribution in [0.4, 0.5) is 0 Å². The first-order valence-corrected chi connectivity index (χ1v) is 4.97. The van der Waals surface area contributed by atoms with Crippen molar-refractivity contribution < 1.29 is 0 Å². The zero-order chi connectivity index (χ0) is 10.7. The summed E-state index contributed by atoms with van der Waals surface area (Å²) in [5.74, 6) is 0. The van der Waals surface area contributed by atoms with E-state index in [1.54, 1.807) is 6.20 Å². The van der Waals surface area contributed by atoms with Crippen molar-refractivity contribution >= 4 is 0 Å². The molecule has 2 heteroatoms. The average Bonchev–Trinajstić information content (AvgIpc) is 2.15. The molecule has 1 rings (SSSR count). The van der Waals surface area contributed by atoms with E-state index < -0.39 is 0 Å². The van der Waals surface area contributed by atoms with Gasteiger partial charge in [0.05, 0.1) is 5.69 Å². The average molecular weight is 182 g/mol. The van der Waals surface area contributed by atoms with Crippen LogP contribution < -0.4 is 0 Å². The Hall–Kier alpha value is -0.920. The Labute approximate surface area is 82.4 Å². The normalized spacial score (nSPS) is 7.54. The highest BCUT2D eigenvalue weighted by molar-refractivity contribution is 5.12. The van der Waals surface area contributed by atoms with Gasteiger partial charge in [0.15, 0.2) is 0 Å². The van der Waals surface area contributed by atoms with Crippen LogP contribution in [0.2, 0.25) is 0 Å². The molecule has 0 N–H and O–H groups in total. The third kappa shape index (κ3) is 8.99. The van der Waals surface area contributed by atoms with Crippen molar-refractivity contribution in [3.8, 4) is 0 Å². The SMILES string of the molecule is CC.CCC.Cc1ccnnc1C. The second-order valence-electron chi connectivity index (χ2n) is 2.51. The second-order valence-corrected chi connectivity index (χ2v) is 2.51. The minimum Gasteiger partial charge on any atom is -0.159 e. The lowest BCUT2D eigenvalue weighted by molar-refractivity contribution is 0.961. The first kappa shape index (κ1) is 14.6. The molecule has 76 valence electrons. The number of rotatable bonds is 0. The monoisotopic (exact) mass is 182 g/mol. The van der Waals surface area contributed by atoms with Gasteiger partial charge in [0.1, 0.15) is 0 Å². The fourth-order valence-electron chi connectivity index (χ4n) is 0.465. The van der Waals surface area contributed by atoms with Crippen LogP contribution in [0.15, 0.2) is 12.3 Å². The number of nitrogens with zero attached hydrogens (tertiary/aromatic N) is 2. The van der Waals surface area contributed by atoms with Gasteiger partial charge in [-0.05, 0) is 25.5 Å². The molecule has 13 heavy (non-hydrogen) atoms. The molecular weight excluding hydrogens is 160 g/mol.